The van der Waals surface area contributed by atoms with Crippen molar-refractivity contribution in [3.8, 4) is 0 Å². The molecule has 0 aliphatic carbocycles. The first-order valence-corrected chi connectivity index (χ1v) is 10.6. The van der Waals surface area contributed by atoms with Crippen molar-refractivity contribution in [3.05, 3.63) is 83.9 Å². The molecule has 0 unspecified atom stereocenters. The van der Waals surface area contributed by atoms with E-state index in [9.17, 15) is 4.79 Å². The highest BCUT2D eigenvalue weighted by atomic mass is 16.1. The van der Waals surface area contributed by atoms with Crippen LogP contribution in [0, 0.1) is 5.92 Å². The zero-order valence-electron chi connectivity index (χ0n) is 17.4. The van der Waals surface area contributed by atoms with E-state index in [-0.39, 0.29) is 11.9 Å². The number of carbonyl (C=O) groups excluding carboxylic acids is 1. The Kier molecular flexibility index (Phi) is 6.54. The van der Waals surface area contributed by atoms with E-state index >= 15 is 0 Å². The lowest BCUT2D eigenvalue weighted by Gasteiger charge is -2.36. The van der Waals surface area contributed by atoms with Crippen molar-refractivity contribution < 1.29 is 4.79 Å². The molecule has 2 aromatic heterocycles. The van der Waals surface area contributed by atoms with Crippen molar-refractivity contribution in [3.63, 3.8) is 0 Å². The maximum absolute atomic E-state index is 12.8. The number of aromatic nitrogens is 3. The number of carbonyl (C=O) groups is 1. The number of rotatable bonds is 7. The normalized spacial score (nSPS) is 16.3. The molecule has 1 amide bonds. The number of nitrogens with one attached hydrogen (secondary N) is 1. The fourth-order valence-corrected chi connectivity index (χ4v) is 4.26. The summed E-state index contributed by atoms with van der Waals surface area (Å²) in [5, 5.41) is 7.55. The summed E-state index contributed by atoms with van der Waals surface area (Å²) in [5.74, 6) is 0.430. The van der Waals surface area contributed by atoms with Gasteiger partial charge in [0.25, 0.3) is 0 Å². The van der Waals surface area contributed by atoms with E-state index in [1.165, 1.54) is 5.56 Å². The first-order valence-electron chi connectivity index (χ1n) is 10.6. The van der Waals surface area contributed by atoms with Gasteiger partial charge in [0.2, 0.25) is 5.91 Å². The average Bonchev–Trinajstić information content (AvgIpc) is 3.18. The number of piperidine rings is 1. The number of pyridine rings is 1. The molecule has 0 radical (unpaired) electrons. The molecule has 0 bridgehead atoms. The zero-order chi connectivity index (χ0) is 20.8. The third-order valence-corrected chi connectivity index (χ3v) is 5.80. The molecule has 3 heterocycles. The number of benzene rings is 1. The maximum Gasteiger partial charge on any atom is 0.224 e. The van der Waals surface area contributed by atoms with Crippen LogP contribution in [-0.4, -0.2) is 38.7 Å². The van der Waals surface area contributed by atoms with Crippen LogP contribution in [0.15, 0.2) is 67.1 Å². The van der Waals surface area contributed by atoms with E-state index in [4.69, 9.17) is 0 Å². The van der Waals surface area contributed by atoms with E-state index in [1.807, 2.05) is 72.7 Å². The molecule has 1 aliphatic heterocycles. The van der Waals surface area contributed by atoms with Gasteiger partial charge in [0, 0.05) is 31.5 Å². The Morgan fingerprint density at radius 3 is 2.53 bits per heavy atom. The van der Waals surface area contributed by atoms with Crippen molar-refractivity contribution in [2.24, 2.45) is 13.0 Å². The lowest BCUT2D eigenvalue weighted by molar-refractivity contribution is -0.121. The number of hydrogen-bond donors (Lipinski definition) is 1. The third kappa shape index (κ3) is 5.33. The first kappa shape index (κ1) is 20.3. The van der Waals surface area contributed by atoms with Crippen molar-refractivity contribution in [2.75, 3.05) is 13.1 Å². The lowest BCUT2D eigenvalue weighted by Crippen LogP contribution is -2.41. The molecule has 6 nitrogen and oxygen atoms in total. The summed E-state index contributed by atoms with van der Waals surface area (Å²) >= 11 is 0. The minimum atomic E-state index is -0.0528. The fraction of sp³-hybridized carbons (Fsp3) is 0.375. The van der Waals surface area contributed by atoms with Gasteiger partial charge in [-0.15, -0.1) is 0 Å². The molecule has 0 spiro atoms. The third-order valence-electron chi connectivity index (χ3n) is 5.80. The van der Waals surface area contributed by atoms with Gasteiger partial charge in [0.1, 0.15) is 0 Å². The Labute approximate surface area is 177 Å². The molecule has 3 aromatic rings. The van der Waals surface area contributed by atoms with Crippen LogP contribution in [0.2, 0.25) is 0 Å². The Morgan fingerprint density at radius 1 is 1.10 bits per heavy atom. The van der Waals surface area contributed by atoms with Gasteiger partial charge in [-0.3, -0.25) is 19.4 Å². The molecular formula is C24H29N5O. The second kappa shape index (κ2) is 9.67. The molecule has 30 heavy (non-hydrogen) atoms. The highest BCUT2D eigenvalue weighted by Crippen LogP contribution is 2.30. The van der Waals surface area contributed by atoms with Gasteiger partial charge >= 0.3 is 0 Å². The summed E-state index contributed by atoms with van der Waals surface area (Å²) < 4.78 is 1.85. The molecule has 1 aliphatic rings. The van der Waals surface area contributed by atoms with Crippen molar-refractivity contribution >= 4 is 5.91 Å². The number of likely N-dealkylation sites (tertiary alicyclic amines) is 1. The Bertz CT molecular complexity index is 932. The SMILES string of the molecule is Cn1cc(CN2CCC([C@@H](NC(=O)Cc3ccccc3)c3ccccn3)CC2)cn1. The largest absolute Gasteiger partial charge is 0.347 e. The monoisotopic (exact) mass is 403 g/mol. The standard InChI is InChI=1S/C24H29N5O/c1-28-17-20(16-26-28)18-29-13-10-21(11-14-29)24(22-9-5-6-12-25-22)27-23(30)15-19-7-3-2-4-8-19/h2-9,12,16-17,21,24H,10-11,13-15,18H2,1H3,(H,27,30)/t24-/m1/s1. The topological polar surface area (TPSA) is 63.0 Å². The van der Waals surface area contributed by atoms with Crippen LogP contribution in [0.3, 0.4) is 0 Å². The van der Waals surface area contributed by atoms with Gasteiger partial charge in [0.05, 0.1) is 24.4 Å². The fourth-order valence-electron chi connectivity index (χ4n) is 4.26. The van der Waals surface area contributed by atoms with Gasteiger partial charge in [-0.25, -0.2) is 0 Å². The van der Waals surface area contributed by atoms with Crippen LogP contribution in [0.5, 0.6) is 0 Å². The lowest BCUT2D eigenvalue weighted by atomic mass is 9.87. The first-order chi connectivity index (χ1) is 14.7. The zero-order valence-corrected chi connectivity index (χ0v) is 17.4. The van der Waals surface area contributed by atoms with Crippen LogP contribution in [0.4, 0.5) is 0 Å². The molecule has 4 rings (SSSR count). The van der Waals surface area contributed by atoms with Gasteiger partial charge < -0.3 is 5.32 Å². The summed E-state index contributed by atoms with van der Waals surface area (Å²) in [6, 6.07) is 15.8. The second-order valence-electron chi connectivity index (χ2n) is 8.10. The molecule has 6 heteroatoms. The minimum absolute atomic E-state index is 0.0506. The van der Waals surface area contributed by atoms with Crippen LogP contribution in [0.1, 0.15) is 35.7 Å². The number of hydrogen-bond acceptors (Lipinski definition) is 4. The van der Waals surface area contributed by atoms with Gasteiger partial charge in [-0.2, -0.15) is 5.10 Å². The van der Waals surface area contributed by atoms with Gasteiger partial charge in [-0.05, 0) is 49.5 Å². The smallest absolute Gasteiger partial charge is 0.224 e. The van der Waals surface area contributed by atoms with Crippen LogP contribution in [0.25, 0.3) is 0 Å². The molecule has 1 saturated heterocycles. The number of aryl methyl sites for hydroxylation is 1. The van der Waals surface area contributed by atoms with Crippen molar-refractivity contribution in [2.45, 2.75) is 31.8 Å². The predicted molar refractivity (Wildman–Crippen MR) is 116 cm³/mol. The van der Waals surface area contributed by atoms with Gasteiger partial charge in [-0.1, -0.05) is 36.4 Å². The molecule has 156 valence electrons. The molecular weight excluding hydrogens is 374 g/mol. The number of amides is 1. The molecule has 1 atom stereocenters. The van der Waals surface area contributed by atoms with Gasteiger partial charge in [0.15, 0.2) is 0 Å². The van der Waals surface area contributed by atoms with Crippen LogP contribution >= 0.6 is 0 Å². The highest BCUT2D eigenvalue weighted by Gasteiger charge is 2.29. The Morgan fingerprint density at radius 2 is 1.87 bits per heavy atom. The van der Waals surface area contributed by atoms with E-state index in [2.05, 4.69) is 26.5 Å². The van der Waals surface area contributed by atoms with E-state index < -0.39 is 0 Å². The second-order valence-corrected chi connectivity index (χ2v) is 8.10. The Hall–Kier alpha value is -2.99. The van der Waals surface area contributed by atoms with Crippen molar-refractivity contribution in [1.82, 2.24) is 25.0 Å². The van der Waals surface area contributed by atoms with Crippen LogP contribution < -0.4 is 5.32 Å². The van der Waals surface area contributed by atoms with E-state index in [1.54, 1.807) is 0 Å². The highest BCUT2D eigenvalue weighted by molar-refractivity contribution is 5.79. The number of nitrogens with zero attached hydrogens (tertiary/aromatic N) is 4. The summed E-state index contributed by atoms with van der Waals surface area (Å²) in [4.78, 5) is 19.8. The summed E-state index contributed by atoms with van der Waals surface area (Å²) in [6.45, 7) is 2.95. The van der Waals surface area contributed by atoms with E-state index in [0.717, 1.165) is 43.7 Å². The average molecular weight is 404 g/mol. The molecule has 1 N–H and O–H groups in total. The maximum atomic E-state index is 12.8. The molecule has 1 fully saturated rings. The summed E-state index contributed by atoms with van der Waals surface area (Å²) in [6.07, 6.45) is 8.28. The minimum Gasteiger partial charge on any atom is -0.347 e. The molecule has 1 aromatic carbocycles. The Balaban J connectivity index is 1.40. The predicted octanol–water partition coefficient (Wildman–Crippen LogP) is 3.13. The van der Waals surface area contributed by atoms with Crippen molar-refractivity contribution in [1.29, 1.82) is 0 Å². The quantitative estimate of drug-likeness (QED) is 0.658. The summed E-state index contributed by atoms with van der Waals surface area (Å²) in [7, 11) is 1.95. The molecule has 0 saturated carbocycles. The summed E-state index contributed by atoms with van der Waals surface area (Å²) in [5.41, 5.74) is 3.22. The van der Waals surface area contributed by atoms with Crippen LogP contribution in [-0.2, 0) is 24.8 Å². The van der Waals surface area contributed by atoms with E-state index in [0.29, 0.717) is 12.3 Å².